The highest BCUT2D eigenvalue weighted by atomic mass is 79.9. The van der Waals surface area contributed by atoms with Gasteiger partial charge in [-0.3, -0.25) is 4.98 Å². The first-order valence-corrected chi connectivity index (χ1v) is 7.75. The summed E-state index contributed by atoms with van der Waals surface area (Å²) in [5, 5.41) is 3.72. The molecule has 0 unspecified atom stereocenters. The molecule has 1 aromatic heterocycles. The fourth-order valence-electron chi connectivity index (χ4n) is 3.47. The zero-order valence-corrected chi connectivity index (χ0v) is 12.5. The first-order valence-electron chi connectivity index (χ1n) is 6.95. The number of nitrogens with one attached hydrogen (secondary N) is 1. The Bertz CT molecular complexity index is 666. The van der Waals surface area contributed by atoms with Gasteiger partial charge in [-0.25, -0.2) is 0 Å². The first kappa shape index (κ1) is 12.2. The number of nitrogens with zero attached hydrogens (tertiary/aromatic N) is 1. The zero-order valence-electron chi connectivity index (χ0n) is 11.0. The minimum atomic E-state index is 0.367. The van der Waals surface area contributed by atoms with Crippen LogP contribution < -0.4 is 5.32 Å². The number of aromatic nitrogens is 1. The number of hydrogen-bond donors (Lipinski definition) is 1. The topological polar surface area (TPSA) is 24.9 Å². The van der Waals surface area contributed by atoms with Crippen molar-refractivity contribution < 1.29 is 0 Å². The van der Waals surface area contributed by atoms with Crippen LogP contribution in [0, 0.1) is 5.92 Å². The van der Waals surface area contributed by atoms with Gasteiger partial charge >= 0.3 is 0 Å². The van der Waals surface area contributed by atoms with Crippen LogP contribution in [0.1, 0.15) is 29.5 Å². The molecule has 0 amide bonds. The minimum absolute atomic E-state index is 0.367. The number of pyridine rings is 1. The predicted octanol–water partition coefficient (Wildman–Crippen LogP) is 4.67. The van der Waals surface area contributed by atoms with E-state index in [1.165, 1.54) is 16.8 Å². The van der Waals surface area contributed by atoms with Gasteiger partial charge < -0.3 is 5.32 Å². The molecule has 0 saturated carbocycles. The van der Waals surface area contributed by atoms with E-state index in [0.29, 0.717) is 17.9 Å². The van der Waals surface area contributed by atoms with E-state index >= 15 is 0 Å². The molecule has 3 heteroatoms. The Morgan fingerprint density at radius 1 is 1.15 bits per heavy atom. The summed E-state index contributed by atoms with van der Waals surface area (Å²) in [6, 6.07) is 11.1. The minimum Gasteiger partial charge on any atom is -0.378 e. The van der Waals surface area contributed by atoms with Crippen LogP contribution in [0.2, 0.25) is 0 Å². The van der Waals surface area contributed by atoms with Crippen LogP contribution in [0.4, 0.5) is 5.69 Å². The number of allylic oxidation sites excluding steroid dienone is 2. The van der Waals surface area contributed by atoms with Gasteiger partial charge in [0.1, 0.15) is 0 Å². The summed E-state index contributed by atoms with van der Waals surface area (Å²) in [7, 11) is 0. The van der Waals surface area contributed by atoms with Gasteiger partial charge in [0.05, 0.1) is 6.04 Å². The second-order valence-electron chi connectivity index (χ2n) is 5.49. The van der Waals surface area contributed by atoms with Crippen LogP contribution >= 0.6 is 15.9 Å². The lowest BCUT2D eigenvalue weighted by Crippen LogP contribution is -2.29. The normalized spacial score (nSPS) is 26.8. The van der Waals surface area contributed by atoms with E-state index in [-0.39, 0.29) is 0 Å². The van der Waals surface area contributed by atoms with Gasteiger partial charge in [0.15, 0.2) is 0 Å². The lowest BCUT2D eigenvalue weighted by molar-refractivity contribution is 0.425. The summed E-state index contributed by atoms with van der Waals surface area (Å²) in [6.07, 6.45) is 9.58. The summed E-state index contributed by atoms with van der Waals surface area (Å²) < 4.78 is 1.15. The number of rotatable bonds is 1. The first-order chi connectivity index (χ1) is 9.83. The number of benzene rings is 1. The summed E-state index contributed by atoms with van der Waals surface area (Å²) in [5.41, 5.74) is 3.98. The Hall–Kier alpha value is -1.61. The predicted molar refractivity (Wildman–Crippen MR) is 84.7 cm³/mol. The standard InChI is InChI=1S/C17H15BrN2/c18-12-4-5-16-15(10-12)13-2-1-3-14(13)17(20-16)11-6-8-19-9-7-11/h1-2,4-10,13-14,17,20H,3H2/t13-,14-,17-/m1/s1. The third kappa shape index (κ3) is 1.88. The SMILES string of the molecule is Brc1ccc2c(c1)[C@@H]1C=CC[C@H]1[C@@H](c1ccncc1)N2. The molecule has 4 rings (SSSR count). The van der Waals surface area contributed by atoms with E-state index in [1.54, 1.807) is 0 Å². The number of halogens is 1. The molecule has 0 fully saturated rings. The van der Waals surface area contributed by atoms with Gasteiger partial charge in [0, 0.05) is 28.5 Å². The van der Waals surface area contributed by atoms with Crippen molar-refractivity contribution in [2.45, 2.75) is 18.4 Å². The fraction of sp³-hybridized carbons (Fsp3) is 0.235. The summed E-state index contributed by atoms with van der Waals surface area (Å²) >= 11 is 3.59. The quantitative estimate of drug-likeness (QED) is 0.770. The van der Waals surface area contributed by atoms with E-state index in [9.17, 15) is 0 Å². The van der Waals surface area contributed by atoms with Crippen molar-refractivity contribution in [3.05, 3.63) is 70.5 Å². The van der Waals surface area contributed by atoms with Crippen molar-refractivity contribution in [1.82, 2.24) is 4.98 Å². The molecule has 1 N–H and O–H groups in total. The molecule has 2 heterocycles. The van der Waals surface area contributed by atoms with Crippen molar-refractivity contribution >= 4 is 21.6 Å². The molecule has 1 aliphatic carbocycles. The van der Waals surface area contributed by atoms with Crippen LogP contribution in [0.3, 0.4) is 0 Å². The second-order valence-corrected chi connectivity index (χ2v) is 6.40. The van der Waals surface area contributed by atoms with Crippen LogP contribution in [-0.2, 0) is 0 Å². The highest BCUT2D eigenvalue weighted by Crippen LogP contribution is 2.50. The molecule has 20 heavy (non-hydrogen) atoms. The molecule has 0 bridgehead atoms. The average Bonchev–Trinajstić information content (AvgIpc) is 2.97. The molecular formula is C17H15BrN2. The van der Waals surface area contributed by atoms with Crippen molar-refractivity contribution in [2.24, 2.45) is 5.92 Å². The molecule has 0 spiro atoms. The Morgan fingerprint density at radius 2 is 2.00 bits per heavy atom. The highest BCUT2D eigenvalue weighted by molar-refractivity contribution is 9.10. The summed E-state index contributed by atoms with van der Waals surface area (Å²) in [5.74, 6) is 1.11. The fourth-order valence-corrected chi connectivity index (χ4v) is 3.84. The van der Waals surface area contributed by atoms with Gasteiger partial charge in [-0.2, -0.15) is 0 Å². The summed E-state index contributed by atoms with van der Waals surface area (Å²) in [4.78, 5) is 4.13. The van der Waals surface area contributed by atoms with E-state index in [2.05, 4.69) is 68.7 Å². The summed E-state index contributed by atoms with van der Waals surface area (Å²) in [6.45, 7) is 0. The molecule has 2 nitrogen and oxygen atoms in total. The number of fused-ring (bicyclic) bond motifs is 3. The smallest absolute Gasteiger partial charge is 0.0555 e. The van der Waals surface area contributed by atoms with E-state index in [4.69, 9.17) is 0 Å². The monoisotopic (exact) mass is 326 g/mol. The second kappa shape index (κ2) is 4.74. The van der Waals surface area contributed by atoms with E-state index in [0.717, 1.165) is 10.9 Å². The third-order valence-corrected chi connectivity index (χ3v) is 4.88. The van der Waals surface area contributed by atoms with Crippen LogP contribution in [0.5, 0.6) is 0 Å². The Morgan fingerprint density at radius 3 is 2.85 bits per heavy atom. The van der Waals surface area contributed by atoms with Gasteiger partial charge in [0.2, 0.25) is 0 Å². The maximum atomic E-state index is 4.13. The Kier molecular flexibility index (Phi) is 2.88. The molecule has 1 aromatic carbocycles. The molecule has 2 aliphatic rings. The van der Waals surface area contributed by atoms with E-state index in [1.807, 2.05) is 12.4 Å². The van der Waals surface area contributed by atoms with Crippen LogP contribution in [0.25, 0.3) is 0 Å². The molecule has 1 aliphatic heterocycles. The number of hydrogen-bond acceptors (Lipinski definition) is 2. The Labute approximate surface area is 127 Å². The molecule has 0 radical (unpaired) electrons. The van der Waals surface area contributed by atoms with Gasteiger partial charge in [-0.15, -0.1) is 0 Å². The van der Waals surface area contributed by atoms with Gasteiger partial charge in [-0.05, 0) is 53.8 Å². The lowest BCUT2D eigenvalue weighted by atomic mass is 9.77. The molecular weight excluding hydrogens is 312 g/mol. The van der Waals surface area contributed by atoms with Gasteiger partial charge in [-0.1, -0.05) is 28.1 Å². The largest absolute Gasteiger partial charge is 0.378 e. The highest BCUT2D eigenvalue weighted by Gasteiger charge is 2.37. The van der Waals surface area contributed by atoms with Crippen molar-refractivity contribution in [1.29, 1.82) is 0 Å². The van der Waals surface area contributed by atoms with Crippen molar-refractivity contribution in [3.8, 4) is 0 Å². The van der Waals surface area contributed by atoms with Crippen LogP contribution in [-0.4, -0.2) is 4.98 Å². The Balaban J connectivity index is 1.80. The molecule has 3 atom stereocenters. The average molecular weight is 327 g/mol. The number of anilines is 1. The molecule has 2 aromatic rings. The van der Waals surface area contributed by atoms with Crippen molar-refractivity contribution in [3.63, 3.8) is 0 Å². The molecule has 100 valence electrons. The zero-order chi connectivity index (χ0) is 13.5. The maximum Gasteiger partial charge on any atom is 0.0555 e. The molecule has 0 saturated heterocycles. The van der Waals surface area contributed by atoms with Crippen molar-refractivity contribution in [2.75, 3.05) is 5.32 Å². The lowest BCUT2D eigenvalue weighted by Gasteiger charge is -2.37. The third-order valence-electron chi connectivity index (χ3n) is 4.39. The maximum absolute atomic E-state index is 4.13. The van der Waals surface area contributed by atoms with Crippen LogP contribution in [0.15, 0.2) is 59.4 Å². The van der Waals surface area contributed by atoms with E-state index < -0.39 is 0 Å². The van der Waals surface area contributed by atoms with Gasteiger partial charge in [0.25, 0.3) is 0 Å².